The molecule has 1 aromatic carbocycles. The van der Waals surface area contributed by atoms with Gasteiger partial charge in [0.05, 0.1) is 17.4 Å². The molecule has 1 saturated carbocycles. The largest absolute Gasteiger partial charge is 0.370 e. The van der Waals surface area contributed by atoms with Crippen molar-refractivity contribution in [2.45, 2.75) is 56.9 Å². The SMILES string of the molecule is CC(C)(C)NSc1cccc(NC(=O)c2ccncc2N2CCC3(CC2)CC3)c1. The highest BCUT2D eigenvalue weighted by atomic mass is 32.2. The summed E-state index contributed by atoms with van der Waals surface area (Å²) >= 11 is 1.58. The van der Waals surface area contributed by atoms with Gasteiger partial charge < -0.3 is 10.2 Å². The third-order valence-corrected chi connectivity index (χ3v) is 6.94. The van der Waals surface area contributed by atoms with Gasteiger partial charge in [-0.1, -0.05) is 6.07 Å². The summed E-state index contributed by atoms with van der Waals surface area (Å²) in [5, 5.41) is 3.07. The molecule has 2 fully saturated rings. The van der Waals surface area contributed by atoms with Crippen LogP contribution in [0.5, 0.6) is 0 Å². The molecule has 0 atom stereocenters. The lowest BCUT2D eigenvalue weighted by molar-refractivity contribution is 0.102. The molecule has 0 unspecified atom stereocenters. The zero-order valence-electron chi connectivity index (χ0n) is 17.5. The van der Waals surface area contributed by atoms with Crippen molar-refractivity contribution in [1.29, 1.82) is 0 Å². The van der Waals surface area contributed by atoms with Gasteiger partial charge in [0.25, 0.3) is 5.91 Å². The van der Waals surface area contributed by atoms with Crippen molar-refractivity contribution in [3.63, 3.8) is 0 Å². The number of aromatic nitrogens is 1. The van der Waals surface area contributed by atoms with Crippen LogP contribution in [0, 0.1) is 5.41 Å². The van der Waals surface area contributed by atoms with Crippen LogP contribution in [0.15, 0.2) is 47.6 Å². The van der Waals surface area contributed by atoms with Crippen molar-refractivity contribution in [3.8, 4) is 0 Å². The van der Waals surface area contributed by atoms with Crippen molar-refractivity contribution in [3.05, 3.63) is 48.3 Å². The molecule has 1 aliphatic carbocycles. The van der Waals surface area contributed by atoms with E-state index in [2.05, 4.69) is 40.7 Å². The highest BCUT2D eigenvalue weighted by Crippen LogP contribution is 2.54. The van der Waals surface area contributed by atoms with Crippen LogP contribution in [0.25, 0.3) is 0 Å². The molecule has 0 bridgehead atoms. The summed E-state index contributed by atoms with van der Waals surface area (Å²) in [6.45, 7) is 8.40. The highest BCUT2D eigenvalue weighted by Gasteiger charge is 2.44. The van der Waals surface area contributed by atoms with Crippen LogP contribution in [-0.2, 0) is 0 Å². The molecule has 154 valence electrons. The van der Waals surface area contributed by atoms with Gasteiger partial charge in [-0.2, -0.15) is 0 Å². The number of carbonyl (C=O) groups excluding carboxylic acids is 1. The number of nitrogens with one attached hydrogen (secondary N) is 2. The van der Waals surface area contributed by atoms with Gasteiger partial charge in [0.15, 0.2) is 0 Å². The number of hydrogen-bond donors (Lipinski definition) is 2. The molecule has 4 rings (SSSR count). The number of rotatable bonds is 5. The summed E-state index contributed by atoms with van der Waals surface area (Å²) in [5.41, 5.74) is 3.07. The Balaban J connectivity index is 1.45. The van der Waals surface area contributed by atoms with Crippen LogP contribution in [0.3, 0.4) is 0 Å². The number of benzene rings is 1. The first-order valence-corrected chi connectivity index (χ1v) is 11.2. The van der Waals surface area contributed by atoms with Gasteiger partial charge in [0.1, 0.15) is 0 Å². The Morgan fingerprint density at radius 2 is 1.90 bits per heavy atom. The summed E-state index contributed by atoms with van der Waals surface area (Å²) in [6, 6.07) is 9.76. The fourth-order valence-electron chi connectivity index (χ4n) is 3.78. The number of hydrogen-bond acceptors (Lipinski definition) is 5. The Hall–Kier alpha value is -2.05. The second-order valence-electron chi connectivity index (χ2n) is 9.32. The third kappa shape index (κ3) is 5.11. The molecule has 2 aromatic rings. The van der Waals surface area contributed by atoms with Gasteiger partial charge in [-0.3, -0.25) is 14.5 Å². The molecular weight excluding hydrogens is 380 g/mol. The van der Waals surface area contributed by atoms with Crippen molar-refractivity contribution in [1.82, 2.24) is 9.71 Å². The fraction of sp³-hybridized carbons (Fsp3) is 0.478. The Morgan fingerprint density at radius 3 is 2.59 bits per heavy atom. The van der Waals surface area contributed by atoms with E-state index in [1.54, 1.807) is 18.1 Å². The molecule has 2 N–H and O–H groups in total. The lowest BCUT2D eigenvalue weighted by atomic mass is 9.93. The van der Waals surface area contributed by atoms with Crippen molar-refractivity contribution in [2.24, 2.45) is 5.41 Å². The summed E-state index contributed by atoms with van der Waals surface area (Å²) in [6.07, 6.45) is 8.73. The van der Waals surface area contributed by atoms with Crippen LogP contribution in [0.2, 0.25) is 0 Å². The first-order chi connectivity index (χ1) is 13.8. The van der Waals surface area contributed by atoms with Crippen molar-refractivity contribution in [2.75, 3.05) is 23.3 Å². The fourth-order valence-corrected chi connectivity index (χ4v) is 4.53. The van der Waals surface area contributed by atoms with Gasteiger partial charge >= 0.3 is 0 Å². The van der Waals surface area contributed by atoms with Gasteiger partial charge in [-0.15, -0.1) is 0 Å². The van der Waals surface area contributed by atoms with Crippen molar-refractivity contribution < 1.29 is 4.79 Å². The molecular formula is C23H30N4OS. The third-order valence-electron chi connectivity index (χ3n) is 5.73. The predicted molar refractivity (Wildman–Crippen MR) is 120 cm³/mol. The minimum atomic E-state index is -0.0833. The number of nitrogens with zero attached hydrogens (tertiary/aromatic N) is 2. The van der Waals surface area contributed by atoms with E-state index < -0.39 is 0 Å². The highest BCUT2D eigenvalue weighted by molar-refractivity contribution is 7.97. The number of anilines is 2. The van der Waals surface area contributed by atoms with Crippen LogP contribution < -0.4 is 14.9 Å². The Morgan fingerprint density at radius 1 is 1.14 bits per heavy atom. The Labute approximate surface area is 177 Å². The zero-order valence-corrected chi connectivity index (χ0v) is 18.3. The lowest BCUT2D eigenvalue weighted by Gasteiger charge is -2.34. The molecule has 6 heteroatoms. The maximum atomic E-state index is 13.1. The number of piperidine rings is 1. The van der Waals surface area contributed by atoms with E-state index in [9.17, 15) is 4.79 Å². The molecule has 1 aromatic heterocycles. The van der Waals surface area contributed by atoms with E-state index in [0.29, 0.717) is 11.0 Å². The summed E-state index contributed by atoms with van der Waals surface area (Å²) in [5.74, 6) is -0.0833. The first-order valence-electron chi connectivity index (χ1n) is 10.4. The van der Waals surface area contributed by atoms with Gasteiger partial charge in [-0.05, 0) is 88.1 Å². The standard InChI is InChI=1S/C23H30N4OS/c1-22(2,3)26-29-18-6-4-5-17(15-18)25-21(28)19-7-12-24-16-20(19)27-13-10-23(8-9-23)11-14-27/h4-7,12,15-16,26H,8-11,13-14H2,1-3H3,(H,25,28). The minimum absolute atomic E-state index is 0.0172. The lowest BCUT2D eigenvalue weighted by Crippen LogP contribution is -2.35. The average molecular weight is 411 g/mol. The summed E-state index contributed by atoms with van der Waals surface area (Å²) in [7, 11) is 0. The maximum absolute atomic E-state index is 13.1. The Kier molecular flexibility index (Phi) is 5.58. The maximum Gasteiger partial charge on any atom is 0.257 e. The predicted octanol–water partition coefficient (Wildman–Crippen LogP) is 5.11. The Bertz CT molecular complexity index is 878. The van der Waals surface area contributed by atoms with E-state index >= 15 is 0 Å². The summed E-state index contributed by atoms with van der Waals surface area (Å²) in [4.78, 5) is 20.7. The van der Waals surface area contributed by atoms with E-state index in [-0.39, 0.29) is 11.4 Å². The van der Waals surface area contributed by atoms with Crippen LogP contribution in [0.4, 0.5) is 11.4 Å². The topological polar surface area (TPSA) is 57.3 Å². The van der Waals surface area contributed by atoms with Crippen LogP contribution in [-0.4, -0.2) is 29.5 Å². The monoisotopic (exact) mass is 410 g/mol. The number of carbonyl (C=O) groups is 1. The van der Waals surface area contributed by atoms with E-state index in [1.165, 1.54) is 25.7 Å². The van der Waals surface area contributed by atoms with E-state index in [4.69, 9.17) is 0 Å². The molecule has 1 aliphatic heterocycles. The van der Waals surface area contributed by atoms with E-state index in [0.717, 1.165) is 29.4 Å². The van der Waals surface area contributed by atoms with Crippen molar-refractivity contribution >= 4 is 29.2 Å². The smallest absolute Gasteiger partial charge is 0.257 e. The van der Waals surface area contributed by atoms with Gasteiger partial charge in [0.2, 0.25) is 0 Å². The average Bonchev–Trinajstić information content (AvgIpc) is 3.46. The molecule has 5 nitrogen and oxygen atoms in total. The first kappa shape index (κ1) is 20.2. The molecule has 1 saturated heterocycles. The molecule has 1 amide bonds. The molecule has 2 aliphatic rings. The van der Waals surface area contributed by atoms with Gasteiger partial charge in [-0.25, -0.2) is 0 Å². The number of pyridine rings is 1. The zero-order chi connectivity index (χ0) is 20.5. The second-order valence-corrected chi connectivity index (χ2v) is 10.2. The van der Waals surface area contributed by atoms with E-state index in [1.807, 2.05) is 36.5 Å². The van der Waals surface area contributed by atoms with Crippen LogP contribution >= 0.6 is 11.9 Å². The summed E-state index contributed by atoms with van der Waals surface area (Å²) < 4.78 is 3.40. The molecule has 29 heavy (non-hydrogen) atoms. The number of amides is 1. The normalized spacial score (nSPS) is 18.0. The quantitative estimate of drug-likeness (QED) is 0.671. The van der Waals surface area contributed by atoms with Crippen LogP contribution in [0.1, 0.15) is 56.8 Å². The molecule has 2 heterocycles. The van der Waals surface area contributed by atoms with Gasteiger partial charge in [0, 0.05) is 35.4 Å². The molecule has 0 radical (unpaired) electrons. The minimum Gasteiger partial charge on any atom is -0.370 e. The molecule has 1 spiro atoms. The second kappa shape index (κ2) is 8.00.